The first-order chi connectivity index (χ1) is 10.1. The van der Waals surface area contributed by atoms with Crippen LogP contribution >= 0.6 is 0 Å². The third kappa shape index (κ3) is 6.60. The second kappa shape index (κ2) is 8.00. The largest absolute Gasteiger partial charge is 0.393 e. The number of rotatable bonds is 8. The molecule has 0 aliphatic heterocycles. The quantitative estimate of drug-likeness (QED) is 0.689. The van der Waals surface area contributed by atoms with Gasteiger partial charge in [0.2, 0.25) is 0 Å². The van der Waals surface area contributed by atoms with E-state index in [4.69, 9.17) is 9.84 Å². The third-order valence-electron chi connectivity index (χ3n) is 3.35. The Balaban J connectivity index is 1.72. The molecule has 116 valence electrons. The summed E-state index contributed by atoms with van der Waals surface area (Å²) in [5, 5.41) is 14.6. The topological polar surface area (TPSA) is 70.6 Å². The molecule has 1 unspecified atom stereocenters. The smallest absolute Gasteiger partial charge is 0.319 e. The van der Waals surface area contributed by atoms with Crippen LogP contribution in [0.5, 0.6) is 0 Å². The van der Waals surface area contributed by atoms with Crippen LogP contribution in [-0.2, 0) is 11.3 Å². The van der Waals surface area contributed by atoms with Gasteiger partial charge in [-0.2, -0.15) is 0 Å². The molecule has 5 nitrogen and oxygen atoms in total. The van der Waals surface area contributed by atoms with Crippen LogP contribution in [0.3, 0.4) is 0 Å². The van der Waals surface area contributed by atoms with Crippen LogP contribution in [0.1, 0.15) is 31.7 Å². The zero-order chi connectivity index (χ0) is 15.1. The van der Waals surface area contributed by atoms with Crippen LogP contribution in [0, 0.1) is 5.92 Å². The average Bonchev–Trinajstić information content (AvgIpc) is 3.23. The number of urea groups is 1. The molecular weight excluding hydrogens is 268 g/mol. The number of carbonyl (C=O) groups excluding carboxylic acids is 1. The van der Waals surface area contributed by atoms with Gasteiger partial charge in [0.15, 0.2) is 0 Å². The highest BCUT2D eigenvalue weighted by atomic mass is 16.5. The van der Waals surface area contributed by atoms with E-state index in [2.05, 4.69) is 10.6 Å². The summed E-state index contributed by atoms with van der Waals surface area (Å²) in [6.45, 7) is 3.56. The zero-order valence-electron chi connectivity index (χ0n) is 12.5. The van der Waals surface area contributed by atoms with Gasteiger partial charge in [0.05, 0.1) is 12.7 Å². The number of benzene rings is 1. The molecule has 2 rings (SSSR count). The van der Waals surface area contributed by atoms with E-state index in [1.165, 1.54) is 12.8 Å². The lowest BCUT2D eigenvalue weighted by Crippen LogP contribution is -2.30. The first-order valence-electron chi connectivity index (χ1n) is 7.53. The van der Waals surface area contributed by atoms with Gasteiger partial charge in [-0.3, -0.25) is 0 Å². The summed E-state index contributed by atoms with van der Waals surface area (Å²) in [4.78, 5) is 11.7. The molecule has 5 heteroatoms. The molecule has 1 aromatic carbocycles. The van der Waals surface area contributed by atoms with Gasteiger partial charge in [-0.25, -0.2) is 4.79 Å². The third-order valence-corrected chi connectivity index (χ3v) is 3.35. The summed E-state index contributed by atoms with van der Waals surface area (Å²) in [6, 6.07) is 7.40. The molecule has 1 aliphatic carbocycles. The Morgan fingerprint density at radius 1 is 1.48 bits per heavy atom. The van der Waals surface area contributed by atoms with Crippen molar-refractivity contribution >= 4 is 11.7 Å². The van der Waals surface area contributed by atoms with Crippen LogP contribution in [0.2, 0.25) is 0 Å². The number of aliphatic hydroxyl groups is 1. The van der Waals surface area contributed by atoms with Crippen molar-refractivity contribution in [1.29, 1.82) is 0 Å². The molecule has 21 heavy (non-hydrogen) atoms. The number of nitrogens with one attached hydrogen (secondary N) is 2. The van der Waals surface area contributed by atoms with Crippen LogP contribution in [-0.4, -0.2) is 30.4 Å². The van der Waals surface area contributed by atoms with Crippen LogP contribution < -0.4 is 10.6 Å². The molecule has 3 N–H and O–H groups in total. The Hall–Kier alpha value is -1.59. The molecule has 1 saturated carbocycles. The Morgan fingerprint density at radius 3 is 3.00 bits per heavy atom. The van der Waals surface area contributed by atoms with E-state index in [1.54, 1.807) is 6.92 Å². The number of hydrogen-bond donors (Lipinski definition) is 3. The first-order valence-corrected chi connectivity index (χ1v) is 7.53. The molecule has 1 fully saturated rings. The van der Waals surface area contributed by atoms with Crippen molar-refractivity contribution in [2.75, 3.05) is 18.5 Å². The van der Waals surface area contributed by atoms with Crippen molar-refractivity contribution in [1.82, 2.24) is 5.32 Å². The zero-order valence-corrected chi connectivity index (χ0v) is 12.5. The Morgan fingerprint density at radius 2 is 2.29 bits per heavy atom. The summed E-state index contributed by atoms with van der Waals surface area (Å²) in [5.74, 6) is 0.756. The maximum absolute atomic E-state index is 11.7. The van der Waals surface area contributed by atoms with E-state index in [1.807, 2.05) is 24.3 Å². The second-order valence-electron chi connectivity index (χ2n) is 5.68. The molecule has 0 spiro atoms. The molecule has 0 radical (unpaired) electrons. The van der Waals surface area contributed by atoms with Gasteiger partial charge in [-0.15, -0.1) is 0 Å². The van der Waals surface area contributed by atoms with Crippen LogP contribution in [0.15, 0.2) is 24.3 Å². The van der Waals surface area contributed by atoms with Gasteiger partial charge in [0.25, 0.3) is 0 Å². The molecule has 0 heterocycles. The maximum atomic E-state index is 11.7. The molecule has 2 amide bonds. The van der Waals surface area contributed by atoms with Crippen molar-refractivity contribution in [3.8, 4) is 0 Å². The molecular formula is C16H24N2O3. The molecule has 1 atom stereocenters. The van der Waals surface area contributed by atoms with Gasteiger partial charge in [0, 0.05) is 18.8 Å². The summed E-state index contributed by atoms with van der Waals surface area (Å²) >= 11 is 0. The standard InChI is InChI=1S/C16H24N2O3/c1-12(19)7-8-17-16(20)18-15-4-2-3-14(9-15)11-21-10-13-5-6-13/h2-4,9,12-13,19H,5-8,10-11H2,1H3,(H2,17,18,20). The minimum absolute atomic E-state index is 0.258. The lowest BCUT2D eigenvalue weighted by atomic mass is 10.2. The van der Waals surface area contributed by atoms with Gasteiger partial charge in [0.1, 0.15) is 0 Å². The maximum Gasteiger partial charge on any atom is 0.319 e. The van der Waals surface area contributed by atoms with Gasteiger partial charge in [-0.1, -0.05) is 12.1 Å². The van der Waals surface area contributed by atoms with Crippen LogP contribution in [0.4, 0.5) is 10.5 Å². The van der Waals surface area contributed by atoms with Gasteiger partial charge in [-0.05, 0) is 49.8 Å². The highest BCUT2D eigenvalue weighted by Crippen LogP contribution is 2.29. The first kappa shape index (κ1) is 15.8. The lowest BCUT2D eigenvalue weighted by molar-refractivity contribution is 0.111. The Bertz CT molecular complexity index is 459. The fourth-order valence-corrected chi connectivity index (χ4v) is 1.94. The van der Waals surface area contributed by atoms with E-state index in [-0.39, 0.29) is 6.03 Å². The number of carbonyl (C=O) groups is 1. The molecule has 1 aromatic rings. The fourth-order valence-electron chi connectivity index (χ4n) is 1.94. The molecule has 1 aliphatic rings. The summed E-state index contributed by atoms with van der Waals surface area (Å²) in [5.41, 5.74) is 1.80. The Labute approximate surface area is 125 Å². The minimum atomic E-state index is -0.405. The van der Waals surface area contributed by atoms with Gasteiger partial charge >= 0.3 is 6.03 Å². The van der Waals surface area contributed by atoms with E-state index in [0.717, 1.165) is 23.8 Å². The summed E-state index contributed by atoms with van der Waals surface area (Å²) in [7, 11) is 0. The minimum Gasteiger partial charge on any atom is -0.393 e. The van der Waals surface area contributed by atoms with Crippen molar-refractivity contribution < 1.29 is 14.6 Å². The summed E-state index contributed by atoms with van der Waals surface area (Å²) in [6.07, 6.45) is 2.71. The number of anilines is 1. The predicted molar refractivity (Wildman–Crippen MR) is 82.1 cm³/mol. The Kier molecular flexibility index (Phi) is 6.02. The monoisotopic (exact) mass is 292 g/mol. The highest BCUT2D eigenvalue weighted by molar-refractivity contribution is 5.89. The normalized spacial score (nSPS) is 15.5. The van der Waals surface area contributed by atoms with Crippen molar-refractivity contribution in [3.63, 3.8) is 0 Å². The van der Waals surface area contributed by atoms with Gasteiger partial charge < -0.3 is 20.5 Å². The van der Waals surface area contributed by atoms with E-state index < -0.39 is 6.10 Å². The highest BCUT2D eigenvalue weighted by Gasteiger charge is 2.20. The fraction of sp³-hybridized carbons (Fsp3) is 0.562. The van der Waals surface area contributed by atoms with Crippen molar-refractivity contribution in [2.24, 2.45) is 5.92 Å². The number of aliphatic hydroxyl groups excluding tert-OH is 1. The number of amides is 2. The van der Waals surface area contributed by atoms with E-state index in [9.17, 15) is 4.79 Å². The summed E-state index contributed by atoms with van der Waals surface area (Å²) < 4.78 is 5.64. The molecule has 0 aromatic heterocycles. The average molecular weight is 292 g/mol. The number of ether oxygens (including phenoxy) is 1. The SMILES string of the molecule is CC(O)CCNC(=O)Nc1cccc(COCC2CC2)c1. The van der Waals surface area contributed by atoms with E-state index in [0.29, 0.717) is 19.6 Å². The lowest BCUT2D eigenvalue weighted by Gasteiger charge is -2.10. The molecule has 0 saturated heterocycles. The number of hydrogen-bond acceptors (Lipinski definition) is 3. The molecule has 0 bridgehead atoms. The van der Waals surface area contributed by atoms with Crippen molar-refractivity contribution in [2.45, 2.75) is 38.9 Å². The second-order valence-corrected chi connectivity index (χ2v) is 5.68. The predicted octanol–water partition coefficient (Wildman–Crippen LogP) is 2.51. The van der Waals surface area contributed by atoms with Crippen LogP contribution in [0.25, 0.3) is 0 Å². The van der Waals surface area contributed by atoms with Crippen molar-refractivity contribution in [3.05, 3.63) is 29.8 Å². The van der Waals surface area contributed by atoms with E-state index >= 15 is 0 Å².